The maximum Gasteiger partial charge on any atom is 0.240 e. The number of ether oxygens (including phenoxy) is 1. The molecule has 5 nitrogen and oxygen atoms in total. The summed E-state index contributed by atoms with van der Waals surface area (Å²) >= 11 is 5.91. The first-order valence-electron chi connectivity index (χ1n) is 6.44. The van der Waals surface area contributed by atoms with Crippen LogP contribution >= 0.6 is 11.6 Å². The molecule has 20 heavy (non-hydrogen) atoms. The molecule has 0 aliphatic carbocycles. The van der Waals surface area contributed by atoms with E-state index >= 15 is 0 Å². The summed E-state index contributed by atoms with van der Waals surface area (Å²) in [6.45, 7) is 2.75. The lowest BCUT2D eigenvalue weighted by molar-refractivity contribution is 0.107. The molecule has 7 heteroatoms. The minimum atomic E-state index is -3.59. The average Bonchev–Trinajstić information content (AvgIpc) is 2.82. The smallest absolute Gasteiger partial charge is 0.240 e. The fraction of sp³-hybridized carbons (Fsp3) is 0.538. The lowest BCUT2D eigenvalue weighted by Crippen LogP contribution is -2.32. The summed E-state index contributed by atoms with van der Waals surface area (Å²) in [4.78, 5) is 0.103. The number of hydrogen-bond donors (Lipinski definition) is 2. The van der Waals surface area contributed by atoms with E-state index in [1.807, 2.05) is 6.92 Å². The molecule has 0 bridgehead atoms. The molecule has 112 valence electrons. The monoisotopic (exact) mass is 319 g/mol. The Balaban J connectivity index is 2.08. The molecule has 1 aromatic carbocycles. The SMILES string of the molecule is CC1OCCC1CNS(=O)(=O)c1ccc(CO)c(Cl)c1. The van der Waals surface area contributed by atoms with Gasteiger partial charge in [0.05, 0.1) is 17.6 Å². The number of halogens is 1. The predicted octanol–water partition coefficient (Wildman–Crippen LogP) is 1.54. The van der Waals surface area contributed by atoms with E-state index in [0.717, 1.165) is 6.42 Å². The number of rotatable bonds is 5. The number of aliphatic hydroxyl groups is 1. The van der Waals surface area contributed by atoms with Crippen LogP contribution < -0.4 is 4.72 Å². The second-order valence-corrected chi connectivity index (χ2v) is 7.06. The van der Waals surface area contributed by atoms with Gasteiger partial charge in [-0.25, -0.2) is 13.1 Å². The maximum atomic E-state index is 12.2. The molecular formula is C13H18ClNO4S. The van der Waals surface area contributed by atoms with Gasteiger partial charge in [0.2, 0.25) is 10.0 Å². The molecule has 1 fully saturated rings. The Labute approximate surface area is 124 Å². The predicted molar refractivity (Wildman–Crippen MR) is 76.1 cm³/mol. The minimum absolute atomic E-state index is 0.0676. The van der Waals surface area contributed by atoms with Crippen LogP contribution in [-0.2, 0) is 21.4 Å². The number of benzene rings is 1. The third-order valence-corrected chi connectivity index (χ3v) is 5.35. The third-order valence-electron chi connectivity index (χ3n) is 3.57. The quantitative estimate of drug-likeness (QED) is 0.863. The fourth-order valence-electron chi connectivity index (χ4n) is 2.17. The molecule has 0 saturated carbocycles. The zero-order chi connectivity index (χ0) is 14.8. The lowest BCUT2D eigenvalue weighted by Gasteiger charge is -2.15. The molecule has 1 aliphatic rings. The second kappa shape index (κ2) is 6.41. The van der Waals surface area contributed by atoms with E-state index in [2.05, 4.69) is 4.72 Å². The van der Waals surface area contributed by atoms with Crippen molar-refractivity contribution in [1.82, 2.24) is 4.72 Å². The summed E-state index contributed by atoms with van der Waals surface area (Å²) in [5.41, 5.74) is 0.503. The van der Waals surface area contributed by atoms with Crippen LogP contribution in [0.2, 0.25) is 5.02 Å². The summed E-state index contributed by atoms with van der Waals surface area (Å²) in [5, 5.41) is 9.27. The van der Waals surface area contributed by atoms with E-state index in [-0.39, 0.29) is 28.5 Å². The molecular weight excluding hydrogens is 302 g/mol. The molecule has 0 amide bonds. The zero-order valence-electron chi connectivity index (χ0n) is 11.2. The van der Waals surface area contributed by atoms with Crippen molar-refractivity contribution < 1.29 is 18.3 Å². The van der Waals surface area contributed by atoms with Crippen LogP contribution in [0.25, 0.3) is 0 Å². The largest absolute Gasteiger partial charge is 0.392 e. The summed E-state index contributed by atoms with van der Waals surface area (Å²) < 4.78 is 32.3. The summed E-state index contributed by atoms with van der Waals surface area (Å²) in [6, 6.07) is 4.30. The van der Waals surface area contributed by atoms with E-state index in [1.165, 1.54) is 18.2 Å². The first kappa shape index (κ1) is 15.7. The number of nitrogens with one attached hydrogen (secondary N) is 1. The van der Waals surface area contributed by atoms with Crippen LogP contribution in [0, 0.1) is 5.92 Å². The van der Waals surface area contributed by atoms with E-state index in [0.29, 0.717) is 18.7 Å². The third kappa shape index (κ3) is 3.51. The number of sulfonamides is 1. The van der Waals surface area contributed by atoms with Crippen LogP contribution in [0.3, 0.4) is 0 Å². The van der Waals surface area contributed by atoms with Crippen molar-refractivity contribution in [2.45, 2.75) is 31.0 Å². The molecule has 0 spiro atoms. The van der Waals surface area contributed by atoms with Gasteiger partial charge in [-0.1, -0.05) is 17.7 Å². The van der Waals surface area contributed by atoms with Crippen molar-refractivity contribution in [2.75, 3.05) is 13.2 Å². The first-order chi connectivity index (χ1) is 9.44. The van der Waals surface area contributed by atoms with Crippen molar-refractivity contribution >= 4 is 21.6 Å². The Morgan fingerprint density at radius 1 is 1.50 bits per heavy atom. The van der Waals surface area contributed by atoms with E-state index in [9.17, 15) is 8.42 Å². The van der Waals surface area contributed by atoms with Gasteiger partial charge in [-0.3, -0.25) is 0 Å². The fourth-order valence-corrected chi connectivity index (χ4v) is 3.59. The Bertz CT molecular complexity index is 576. The zero-order valence-corrected chi connectivity index (χ0v) is 12.7. The van der Waals surface area contributed by atoms with Gasteiger partial charge in [0, 0.05) is 24.1 Å². The highest BCUT2D eigenvalue weighted by atomic mass is 35.5. The van der Waals surface area contributed by atoms with Gasteiger partial charge >= 0.3 is 0 Å². The van der Waals surface area contributed by atoms with Crippen molar-refractivity contribution in [2.24, 2.45) is 5.92 Å². The highest BCUT2D eigenvalue weighted by molar-refractivity contribution is 7.89. The van der Waals surface area contributed by atoms with Gasteiger partial charge in [0.25, 0.3) is 0 Å². The molecule has 2 N–H and O–H groups in total. The Kier molecular flexibility index (Phi) is 5.04. The van der Waals surface area contributed by atoms with Gasteiger partial charge in [0.1, 0.15) is 0 Å². The Morgan fingerprint density at radius 3 is 2.80 bits per heavy atom. The van der Waals surface area contributed by atoms with Gasteiger partial charge < -0.3 is 9.84 Å². The van der Waals surface area contributed by atoms with Crippen LogP contribution in [0.5, 0.6) is 0 Å². The lowest BCUT2D eigenvalue weighted by atomic mass is 10.0. The number of hydrogen-bond acceptors (Lipinski definition) is 4. The summed E-state index contributed by atoms with van der Waals surface area (Å²) in [5.74, 6) is 0.192. The van der Waals surface area contributed by atoms with Crippen LogP contribution in [0.4, 0.5) is 0 Å². The highest BCUT2D eigenvalue weighted by Crippen LogP contribution is 2.22. The molecule has 0 aromatic heterocycles. The van der Waals surface area contributed by atoms with E-state index < -0.39 is 10.0 Å². The molecule has 1 aromatic rings. The van der Waals surface area contributed by atoms with Crippen molar-refractivity contribution in [3.63, 3.8) is 0 Å². The normalized spacial score (nSPS) is 23.1. The number of aliphatic hydroxyl groups excluding tert-OH is 1. The molecule has 2 rings (SSSR count). The van der Waals surface area contributed by atoms with Crippen LogP contribution in [0.1, 0.15) is 18.9 Å². The Hall–Kier alpha value is -0.660. The minimum Gasteiger partial charge on any atom is -0.392 e. The second-order valence-electron chi connectivity index (χ2n) is 4.89. The van der Waals surface area contributed by atoms with Crippen molar-refractivity contribution in [1.29, 1.82) is 0 Å². The highest BCUT2D eigenvalue weighted by Gasteiger charge is 2.26. The summed E-state index contributed by atoms with van der Waals surface area (Å²) in [6.07, 6.45) is 0.923. The maximum absolute atomic E-state index is 12.2. The molecule has 2 atom stereocenters. The van der Waals surface area contributed by atoms with Gasteiger partial charge in [-0.05, 0) is 31.0 Å². The van der Waals surface area contributed by atoms with Crippen molar-refractivity contribution in [3.8, 4) is 0 Å². The van der Waals surface area contributed by atoms with Crippen molar-refractivity contribution in [3.05, 3.63) is 28.8 Å². The van der Waals surface area contributed by atoms with Crippen LogP contribution in [-0.4, -0.2) is 32.8 Å². The van der Waals surface area contributed by atoms with E-state index in [1.54, 1.807) is 0 Å². The molecule has 1 saturated heterocycles. The molecule has 1 heterocycles. The topological polar surface area (TPSA) is 75.6 Å². The molecule has 1 aliphatic heterocycles. The van der Waals surface area contributed by atoms with E-state index in [4.69, 9.17) is 21.4 Å². The summed E-state index contributed by atoms with van der Waals surface area (Å²) in [7, 11) is -3.59. The van der Waals surface area contributed by atoms with Gasteiger partial charge in [-0.2, -0.15) is 0 Å². The first-order valence-corrected chi connectivity index (χ1v) is 8.30. The molecule has 0 radical (unpaired) electrons. The Morgan fingerprint density at radius 2 is 2.25 bits per heavy atom. The van der Waals surface area contributed by atoms with Crippen LogP contribution in [0.15, 0.2) is 23.1 Å². The van der Waals surface area contributed by atoms with Gasteiger partial charge in [0.15, 0.2) is 0 Å². The average molecular weight is 320 g/mol. The van der Waals surface area contributed by atoms with Gasteiger partial charge in [-0.15, -0.1) is 0 Å². The molecule has 2 unspecified atom stereocenters. The standard InChI is InChI=1S/C13H18ClNO4S/c1-9-10(4-5-19-9)7-15-20(17,18)12-3-2-11(8-16)13(14)6-12/h2-3,6,9-10,15-16H,4-5,7-8H2,1H3.